The number of carbonyl (C=O) groups is 3. The SMILES string of the molecule is CC(SCC(=O)Nc1ccc(F)cc1)C(=O)N1CCC(O)(C(=O)O)CC1. The number of hydrogen-bond donors (Lipinski definition) is 3. The molecule has 0 aromatic heterocycles. The van der Waals surface area contributed by atoms with E-state index in [1.165, 1.54) is 29.2 Å². The minimum absolute atomic E-state index is 0.0173. The quantitative estimate of drug-likeness (QED) is 0.683. The first kappa shape index (κ1) is 20.2. The van der Waals surface area contributed by atoms with E-state index in [4.69, 9.17) is 5.11 Å². The third kappa shape index (κ3) is 5.18. The Kier molecular flexibility index (Phi) is 6.60. The van der Waals surface area contributed by atoms with Gasteiger partial charge < -0.3 is 20.4 Å². The van der Waals surface area contributed by atoms with Crippen molar-refractivity contribution in [3.63, 3.8) is 0 Å². The molecule has 0 saturated carbocycles. The number of halogens is 1. The highest BCUT2D eigenvalue weighted by molar-refractivity contribution is 8.01. The summed E-state index contributed by atoms with van der Waals surface area (Å²) in [6.45, 7) is 2.00. The van der Waals surface area contributed by atoms with Crippen LogP contribution in [-0.2, 0) is 14.4 Å². The number of anilines is 1. The van der Waals surface area contributed by atoms with E-state index in [0.717, 1.165) is 11.8 Å². The molecule has 0 bridgehead atoms. The summed E-state index contributed by atoms with van der Waals surface area (Å²) in [5.74, 6) is -2.12. The predicted octanol–water partition coefficient (Wildman–Crippen LogP) is 1.32. The fourth-order valence-electron chi connectivity index (χ4n) is 2.57. The van der Waals surface area contributed by atoms with Gasteiger partial charge in [-0.15, -0.1) is 11.8 Å². The normalized spacial score (nSPS) is 17.4. The van der Waals surface area contributed by atoms with E-state index in [0.29, 0.717) is 5.69 Å². The molecule has 7 nitrogen and oxygen atoms in total. The number of amides is 2. The van der Waals surface area contributed by atoms with Gasteiger partial charge >= 0.3 is 5.97 Å². The minimum atomic E-state index is -1.78. The molecule has 1 heterocycles. The lowest BCUT2D eigenvalue weighted by atomic mass is 9.91. The number of carboxylic acids is 1. The number of thioether (sulfide) groups is 1. The van der Waals surface area contributed by atoms with Crippen LogP contribution in [0.2, 0.25) is 0 Å². The van der Waals surface area contributed by atoms with Crippen LogP contribution in [0, 0.1) is 5.82 Å². The standard InChI is InChI=1S/C17H21FN2O5S/c1-11(15(22)20-8-6-17(25,7-9-20)16(23)24)26-10-14(21)19-13-4-2-12(18)3-5-13/h2-5,11,25H,6-10H2,1H3,(H,19,21)(H,23,24). The number of nitrogens with one attached hydrogen (secondary N) is 1. The van der Waals surface area contributed by atoms with Crippen molar-refractivity contribution < 1.29 is 29.0 Å². The summed E-state index contributed by atoms with van der Waals surface area (Å²) in [6, 6.07) is 5.38. The van der Waals surface area contributed by atoms with Crippen LogP contribution in [0.15, 0.2) is 24.3 Å². The van der Waals surface area contributed by atoms with Crippen LogP contribution in [-0.4, -0.2) is 62.6 Å². The third-order valence-corrected chi connectivity index (χ3v) is 5.37. The third-order valence-electron chi connectivity index (χ3n) is 4.24. The van der Waals surface area contributed by atoms with Crippen molar-refractivity contribution >= 4 is 35.2 Å². The summed E-state index contributed by atoms with van der Waals surface area (Å²) >= 11 is 1.16. The van der Waals surface area contributed by atoms with Crippen molar-refractivity contribution in [2.75, 3.05) is 24.2 Å². The molecule has 9 heteroatoms. The highest BCUT2D eigenvalue weighted by Gasteiger charge is 2.41. The topological polar surface area (TPSA) is 107 Å². The second kappa shape index (κ2) is 8.50. The van der Waals surface area contributed by atoms with Gasteiger partial charge in [-0.1, -0.05) is 0 Å². The number of nitrogens with zero attached hydrogens (tertiary/aromatic N) is 1. The zero-order valence-corrected chi connectivity index (χ0v) is 15.1. The summed E-state index contributed by atoms with van der Waals surface area (Å²) in [5.41, 5.74) is -1.30. The fourth-order valence-corrected chi connectivity index (χ4v) is 3.34. The average molecular weight is 384 g/mol. The molecule has 0 spiro atoms. The number of piperidine rings is 1. The first-order chi connectivity index (χ1) is 12.2. The van der Waals surface area contributed by atoms with Crippen LogP contribution in [0.3, 0.4) is 0 Å². The molecule has 0 aliphatic carbocycles. The maximum Gasteiger partial charge on any atom is 0.335 e. The maximum absolute atomic E-state index is 12.8. The van der Waals surface area contributed by atoms with Gasteiger partial charge in [0, 0.05) is 31.6 Å². The number of rotatable bonds is 6. The first-order valence-electron chi connectivity index (χ1n) is 8.13. The Balaban J connectivity index is 1.77. The number of aliphatic hydroxyl groups is 1. The van der Waals surface area contributed by atoms with Crippen molar-refractivity contribution in [1.82, 2.24) is 4.90 Å². The van der Waals surface area contributed by atoms with Gasteiger partial charge in [0.1, 0.15) is 5.82 Å². The van der Waals surface area contributed by atoms with Gasteiger partial charge in [-0.3, -0.25) is 9.59 Å². The average Bonchev–Trinajstić information content (AvgIpc) is 2.61. The van der Waals surface area contributed by atoms with Gasteiger partial charge in [0.15, 0.2) is 5.60 Å². The second-order valence-corrected chi connectivity index (χ2v) is 7.50. The van der Waals surface area contributed by atoms with Crippen molar-refractivity contribution in [1.29, 1.82) is 0 Å². The van der Waals surface area contributed by atoms with E-state index in [2.05, 4.69) is 5.32 Å². The van der Waals surface area contributed by atoms with E-state index in [9.17, 15) is 23.9 Å². The Morgan fingerprint density at radius 2 is 1.85 bits per heavy atom. The van der Waals surface area contributed by atoms with E-state index in [1.807, 2.05) is 0 Å². The molecule has 1 unspecified atom stereocenters. The van der Waals surface area contributed by atoms with E-state index >= 15 is 0 Å². The lowest BCUT2D eigenvalue weighted by Gasteiger charge is -2.36. The molecule has 1 aromatic carbocycles. The van der Waals surface area contributed by atoms with E-state index in [-0.39, 0.29) is 43.5 Å². The number of benzene rings is 1. The maximum atomic E-state index is 12.8. The van der Waals surface area contributed by atoms with Crippen LogP contribution >= 0.6 is 11.8 Å². The summed E-state index contributed by atoms with van der Waals surface area (Å²) < 4.78 is 12.8. The molecule has 1 fully saturated rings. The zero-order valence-electron chi connectivity index (χ0n) is 14.3. The molecule has 0 radical (unpaired) electrons. The minimum Gasteiger partial charge on any atom is -0.479 e. The molecule has 1 aliphatic rings. The van der Waals surface area contributed by atoms with Gasteiger partial charge in [-0.2, -0.15) is 0 Å². The molecule has 1 atom stereocenters. The predicted molar refractivity (Wildman–Crippen MR) is 95.3 cm³/mol. The summed E-state index contributed by atoms with van der Waals surface area (Å²) in [5, 5.41) is 21.0. The van der Waals surface area contributed by atoms with Crippen LogP contribution in [0.25, 0.3) is 0 Å². The molecule has 26 heavy (non-hydrogen) atoms. The number of carboxylic acid groups (broad SMARTS) is 1. The smallest absolute Gasteiger partial charge is 0.335 e. The largest absolute Gasteiger partial charge is 0.479 e. The molecule has 3 N–H and O–H groups in total. The Labute approximate surface area is 154 Å². The van der Waals surface area contributed by atoms with E-state index in [1.54, 1.807) is 6.92 Å². The monoisotopic (exact) mass is 384 g/mol. The second-order valence-electron chi connectivity index (χ2n) is 6.17. The number of hydrogen-bond acceptors (Lipinski definition) is 5. The van der Waals surface area contributed by atoms with Crippen molar-refractivity contribution in [3.05, 3.63) is 30.1 Å². The fraction of sp³-hybridized carbons (Fsp3) is 0.471. The van der Waals surface area contributed by atoms with E-state index < -0.39 is 22.6 Å². The molecule has 142 valence electrons. The zero-order chi connectivity index (χ0) is 19.3. The molecular formula is C17H21FN2O5S. The first-order valence-corrected chi connectivity index (χ1v) is 9.18. The number of carbonyl (C=O) groups excluding carboxylic acids is 2. The summed E-state index contributed by atoms with van der Waals surface area (Å²) in [6.07, 6.45) is -0.0347. The lowest BCUT2D eigenvalue weighted by molar-refractivity contribution is -0.165. The van der Waals surface area contributed by atoms with Crippen LogP contribution in [0.4, 0.5) is 10.1 Å². The molecular weight excluding hydrogens is 363 g/mol. The number of likely N-dealkylation sites (tertiary alicyclic amines) is 1. The van der Waals surface area contributed by atoms with Crippen molar-refractivity contribution in [3.8, 4) is 0 Å². The highest BCUT2D eigenvalue weighted by Crippen LogP contribution is 2.24. The molecule has 2 amide bonds. The lowest BCUT2D eigenvalue weighted by Crippen LogP contribution is -2.52. The van der Waals surface area contributed by atoms with Crippen molar-refractivity contribution in [2.45, 2.75) is 30.6 Å². The van der Waals surface area contributed by atoms with Gasteiger partial charge in [0.05, 0.1) is 11.0 Å². The van der Waals surface area contributed by atoms with Gasteiger partial charge in [0.2, 0.25) is 11.8 Å². The molecule has 1 aliphatic heterocycles. The molecule has 1 saturated heterocycles. The van der Waals surface area contributed by atoms with Crippen LogP contribution in [0.5, 0.6) is 0 Å². The Bertz CT molecular complexity index is 674. The molecule has 2 rings (SSSR count). The Hall–Kier alpha value is -2.13. The Morgan fingerprint density at radius 3 is 2.38 bits per heavy atom. The van der Waals surface area contributed by atoms with Crippen LogP contribution in [0.1, 0.15) is 19.8 Å². The molecule has 1 aromatic rings. The van der Waals surface area contributed by atoms with Crippen LogP contribution < -0.4 is 5.32 Å². The summed E-state index contributed by atoms with van der Waals surface area (Å²) in [7, 11) is 0. The van der Waals surface area contributed by atoms with Gasteiger partial charge in [0.25, 0.3) is 0 Å². The van der Waals surface area contributed by atoms with Crippen molar-refractivity contribution in [2.24, 2.45) is 0 Å². The van der Waals surface area contributed by atoms with Gasteiger partial charge in [-0.25, -0.2) is 9.18 Å². The summed E-state index contributed by atoms with van der Waals surface area (Å²) in [4.78, 5) is 36.8. The highest BCUT2D eigenvalue weighted by atomic mass is 32.2. The van der Waals surface area contributed by atoms with Gasteiger partial charge in [-0.05, 0) is 31.2 Å². The Morgan fingerprint density at radius 1 is 1.27 bits per heavy atom. The number of aliphatic carboxylic acids is 1.